The third-order valence-electron chi connectivity index (χ3n) is 5.55. The highest BCUT2D eigenvalue weighted by Gasteiger charge is 2.18. The molecule has 0 aliphatic carbocycles. The summed E-state index contributed by atoms with van der Waals surface area (Å²) in [6.45, 7) is 8.52. The number of aryl methyl sites for hydroxylation is 2. The van der Waals surface area contributed by atoms with E-state index in [0.29, 0.717) is 47.3 Å². The van der Waals surface area contributed by atoms with Crippen molar-refractivity contribution in [3.63, 3.8) is 0 Å². The first-order chi connectivity index (χ1) is 16.9. The number of hydrogen-bond donors (Lipinski definition) is 3. The summed E-state index contributed by atoms with van der Waals surface area (Å²) in [5, 5.41) is 6.82. The first-order valence-electron chi connectivity index (χ1n) is 11.6. The Morgan fingerprint density at radius 1 is 0.800 bits per heavy atom. The van der Waals surface area contributed by atoms with Gasteiger partial charge in [0.25, 0.3) is 11.8 Å². The number of ether oxygens (including phenoxy) is 2. The number of benzene rings is 3. The maximum Gasteiger partial charge on any atom is 0.272 e. The largest absolute Gasteiger partial charge is 0.492 e. The maximum absolute atomic E-state index is 13.1. The van der Waals surface area contributed by atoms with Crippen LogP contribution in [0.3, 0.4) is 0 Å². The summed E-state index contributed by atoms with van der Waals surface area (Å²) in [6.07, 6.45) is 0. The van der Waals surface area contributed by atoms with Crippen molar-refractivity contribution in [1.82, 2.24) is 4.98 Å². The number of amides is 2. The highest BCUT2D eigenvalue weighted by molar-refractivity contribution is 6.08. The van der Waals surface area contributed by atoms with Crippen LogP contribution in [0.2, 0.25) is 0 Å². The van der Waals surface area contributed by atoms with Gasteiger partial charge >= 0.3 is 0 Å². The van der Waals surface area contributed by atoms with Crippen LogP contribution in [-0.4, -0.2) is 30.0 Å². The molecule has 180 valence electrons. The zero-order chi connectivity index (χ0) is 24.9. The number of aromatic amines is 1. The normalized spacial score (nSPS) is 10.7. The average Bonchev–Trinajstić information content (AvgIpc) is 3.27. The summed E-state index contributed by atoms with van der Waals surface area (Å²) in [5.41, 5.74) is 5.00. The van der Waals surface area contributed by atoms with Gasteiger partial charge in [-0.05, 0) is 63.1 Å². The number of fused-ring (bicyclic) bond motifs is 1. The molecule has 0 radical (unpaired) electrons. The molecule has 3 aromatic carbocycles. The van der Waals surface area contributed by atoms with Crippen molar-refractivity contribution in [3.8, 4) is 11.5 Å². The number of H-pyrrole nitrogens is 1. The van der Waals surface area contributed by atoms with Crippen molar-refractivity contribution in [2.24, 2.45) is 0 Å². The molecule has 35 heavy (non-hydrogen) atoms. The van der Waals surface area contributed by atoms with E-state index >= 15 is 0 Å². The van der Waals surface area contributed by atoms with Gasteiger partial charge in [-0.2, -0.15) is 0 Å². The number of carbonyl (C=O) groups excluding carboxylic acids is 2. The maximum atomic E-state index is 13.1. The Hall–Kier alpha value is -4.26. The molecule has 0 aliphatic rings. The SMILES string of the molecule is CCOc1cc(NC(=O)c2cc3c(C)cc(C)cc3[nH]2)c(OCC)cc1NC(=O)c1ccccc1. The average molecular weight is 472 g/mol. The van der Waals surface area contributed by atoms with Crippen LogP contribution in [0.15, 0.2) is 60.7 Å². The monoisotopic (exact) mass is 471 g/mol. The van der Waals surface area contributed by atoms with Crippen LogP contribution in [-0.2, 0) is 0 Å². The fraction of sp³-hybridized carbons (Fsp3) is 0.214. The number of aromatic nitrogens is 1. The van der Waals surface area contributed by atoms with Crippen LogP contribution in [0.1, 0.15) is 45.8 Å². The van der Waals surface area contributed by atoms with Crippen molar-refractivity contribution < 1.29 is 19.1 Å². The number of nitrogens with one attached hydrogen (secondary N) is 3. The second-order valence-electron chi connectivity index (χ2n) is 8.21. The van der Waals surface area contributed by atoms with E-state index in [-0.39, 0.29) is 11.8 Å². The lowest BCUT2D eigenvalue weighted by molar-refractivity contribution is 0.101. The molecule has 1 heterocycles. The first-order valence-corrected chi connectivity index (χ1v) is 11.6. The van der Waals surface area contributed by atoms with Crippen molar-refractivity contribution in [1.29, 1.82) is 0 Å². The zero-order valence-corrected chi connectivity index (χ0v) is 20.3. The molecule has 0 saturated carbocycles. The molecule has 0 unspecified atom stereocenters. The second kappa shape index (κ2) is 10.3. The molecule has 7 nitrogen and oxygen atoms in total. The molecule has 2 amide bonds. The summed E-state index contributed by atoms with van der Waals surface area (Å²) in [4.78, 5) is 29.1. The van der Waals surface area contributed by atoms with Gasteiger partial charge in [0.05, 0.1) is 24.6 Å². The lowest BCUT2D eigenvalue weighted by Crippen LogP contribution is -2.16. The number of carbonyl (C=O) groups is 2. The van der Waals surface area contributed by atoms with Gasteiger partial charge in [0.15, 0.2) is 0 Å². The van der Waals surface area contributed by atoms with Crippen molar-refractivity contribution in [2.75, 3.05) is 23.8 Å². The van der Waals surface area contributed by atoms with Gasteiger partial charge in [-0.15, -0.1) is 0 Å². The minimum absolute atomic E-state index is 0.269. The highest BCUT2D eigenvalue weighted by atomic mass is 16.5. The zero-order valence-electron chi connectivity index (χ0n) is 20.3. The summed E-state index contributed by atoms with van der Waals surface area (Å²) in [6, 6.07) is 18.2. The minimum Gasteiger partial charge on any atom is -0.492 e. The Morgan fingerprint density at radius 3 is 2.00 bits per heavy atom. The van der Waals surface area contributed by atoms with E-state index in [9.17, 15) is 9.59 Å². The number of hydrogen-bond acceptors (Lipinski definition) is 4. The van der Waals surface area contributed by atoms with E-state index in [2.05, 4.69) is 21.7 Å². The second-order valence-corrected chi connectivity index (χ2v) is 8.21. The van der Waals surface area contributed by atoms with Crippen molar-refractivity contribution in [2.45, 2.75) is 27.7 Å². The van der Waals surface area contributed by atoms with Crippen LogP contribution < -0.4 is 20.1 Å². The topological polar surface area (TPSA) is 92.4 Å². The summed E-state index contributed by atoms with van der Waals surface area (Å²) in [7, 11) is 0. The minimum atomic E-state index is -0.303. The van der Waals surface area contributed by atoms with Gasteiger partial charge in [0.1, 0.15) is 17.2 Å². The van der Waals surface area contributed by atoms with E-state index < -0.39 is 0 Å². The van der Waals surface area contributed by atoms with Gasteiger partial charge in [-0.1, -0.05) is 24.3 Å². The van der Waals surface area contributed by atoms with E-state index in [1.165, 1.54) is 0 Å². The van der Waals surface area contributed by atoms with E-state index in [4.69, 9.17) is 9.47 Å². The molecule has 0 atom stereocenters. The third-order valence-corrected chi connectivity index (χ3v) is 5.55. The molecule has 0 aliphatic heterocycles. The summed E-state index contributed by atoms with van der Waals surface area (Å²) < 4.78 is 11.6. The number of anilines is 2. The predicted molar refractivity (Wildman–Crippen MR) is 139 cm³/mol. The lowest BCUT2D eigenvalue weighted by atomic mass is 10.1. The molecule has 3 N–H and O–H groups in total. The molecule has 7 heteroatoms. The highest BCUT2D eigenvalue weighted by Crippen LogP contribution is 2.37. The van der Waals surface area contributed by atoms with Gasteiger partial charge < -0.3 is 25.1 Å². The summed E-state index contributed by atoms with van der Waals surface area (Å²) >= 11 is 0. The predicted octanol–water partition coefficient (Wildman–Crippen LogP) is 6.09. The van der Waals surface area contributed by atoms with Crippen LogP contribution in [0.25, 0.3) is 10.9 Å². The fourth-order valence-electron chi connectivity index (χ4n) is 4.00. The van der Waals surface area contributed by atoms with E-state index in [1.54, 1.807) is 36.4 Å². The fourth-order valence-corrected chi connectivity index (χ4v) is 4.00. The molecule has 0 bridgehead atoms. The van der Waals surface area contributed by atoms with Crippen LogP contribution in [0.4, 0.5) is 11.4 Å². The van der Waals surface area contributed by atoms with Gasteiger partial charge in [0, 0.05) is 28.6 Å². The first kappa shape index (κ1) is 23.9. The van der Waals surface area contributed by atoms with Crippen LogP contribution in [0, 0.1) is 13.8 Å². The quantitative estimate of drug-likeness (QED) is 0.290. The molecule has 0 fully saturated rings. The molecule has 1 aromatic heterocycles. The Kier molecular flexibility index (Phi) is 7.06. The van der Waals surface area contributed by atoms with Crippen molar-refractivity contribution >= 4 is 34.1 Å². The lowest BCUT2D eigenvalue weighted by Gasteiger charge is -2.17. The van der Waals surface area contributed by atoms with E-state index in [1.807, 2.05) is 45.9 Å². The Morgan fingerprint density at radius 2 is 1.40 bits per heavy atom. The van der Waals surface area contributed by atoms with Crippen molar-refractivity contribution in [3.05, 3.63) is 83.0 Å². The van der Waals surface area contributed by atoms with Crippen LogP contribution >= 0.6 is 0 Å². The Bertz CT molecular complexity index is 1380. The molecule has 0 spiro atoms. The Balaban J connectivity index is 1.66. The molecular formula is C28H29N3O4. The van der Waals surface area contributed by atoms with Gasteiger partial charge in [-0.3, -0.25) is 9.59 Å². The number of rotatable bonds is 8. The smallest absolute Gasteiger partial charge is 0.272 e. The van der Waals surface area contributed by atoms with Gasteiger partial charge in [-0.25, -0.2) is 0 Å². The Labute approximate surface area is 204 Å². The third kappa shape index (κ3) is 5.30. The standard InChI is InChI=1S/C28H29N3O4/c1-5-34-25-16-23(31-28(33)24-14-20-18(4)12-17(3)13-21(20)29-24)26(35-6-2)15-22(25)30-27(32)19-10-8-7-9-11-19/h7-16,29H,5-6H2,1-4H3,(H,30,32)(H,31,33). The molecule has 4 rings (SSSR count). The van der Waals surface area contributed by atoms with Crippen LogP contribution in [0.5, 0.6) is 11.5 Å². The summed E-state index contributed by atoms with van der Waals surface area (Å²) in [5.74, 6) is 0.284. The molecule has 4 aromatic rings. The molecular weight excluding hydrogens is 442 g/mol. The van der Waals surface area contributed by atoms with E-state index in [0.717, 1.165) is 22.0 Å². The molecule has 0 saturated heterocycles. The van der Waals surface area contributed by atoms with Gasteiger partial charge in [0.2, 0.25) is 0 Å².